The average molecular weight is 474 g/mol. The van der Waals surface area contributed by atoms with Crippen molar-refractivity contribution in [1.82, 2.24) is 9.97 Å². The Labute approximate surface area is 188 Å². The summed E-state index contributed by atoms with van der Waals surface area (Å²) in [4.78, 5) is 9.24. The van der Waals surface area contributed by atoms with Gasteiger partial charge in [0.2, 0.25) is 15.9 Å². The van der Waals surface area contributed by atoms with Crippen LogP contribution in [-0.2, 0) is 10.0 Å². The van der Waals surface area contributed by atoms with Crippen LogP contribution >= 0.6 is 11.3 Å². The van der Waals surface area contributed by atoms with E-state index in [9.17, 15) is 12.8 Å². The number of rotatable bonds is 9. The summed E-state index contributed by atoms with van der Waals surface area (Å²) in [5, 5.41) is 2.55. The number of sulfonamides is 1. The molecule has 2 heterocycles. The van der Waals surface area contributed by atoms with Crippen LogP contribution in [0.5, 0.6) is 11.6 Å². The molecule has 1 N–H and O–H groups in total. The molecule has 2 aromatic carbocycles. The van der Waals surface area contributed by atoms with Gasteiger partial charge < -0.3 is 9.47 Å². The van der Waals surface area contributed by atoms with E-state index in [0.29, 0.717) is 53.5 Å². The SMILES string of the molecule is CS(=O)(=O)Nc1ccc(OCCCOc2ncnc3scc(-c4ccccc4F)c23)cc1. The van der Waals surface area contributed by atoms with Gasteiger partial charge in [-0.05, 0) is 30.3 Å². The number of anilines is 1. The molecular weight excluding hydrogens is 453 g/mol. The van der Waals surface area contributed by atoms with Gasteiger partial charge in [0.25, 0.3) is 0 Å². The summed E-state index contributed by atoms with van der Waals surface area (Å²) in [6, 6.07) is 13.2. The van der Waals surface area contributed by atoms with E-state index in [1.807, 2.05) is 5.38 Å². The summed E-state index contributed by atoms with van der Waals surface area (Å²) in [5.74, 6) is 0.715. The molecule has 7 nitrogen and oxygen atoms in total. The quantitative estimate of drug-likeness (QED) is 0.354. The number of benzene rings is 2. The predicted molar refractivity (Wildman–Crippen MR) is 123 cm³/mol. The van der Waals surface area contributed by atoms with Crippen molar-refractivity contribution in [2.75, 3.05) is 24.2 Å². The van der Waals surface area contributed by atoms with E-state index in [0.717, 1.165) is 11.1 Å². The van der Waals surface area contributed by atoms with Crippen molar-refractivity contribution < 1.29 is 22.3 Å². The lowest BCUT2D eigenvalue weighted by atomic mass is 10.1. The summed E-state index contributed by atoms with van der Waals surface area (Å²) in [7, 11) is -3.31. The highest BCUT2D eigenvalue weighted by Crippen LogP contribution is 2.38. The second kappa shape index (κ2) is 9.49. The predicted octanol–water partition coefficient (Wildman–Crippen LogP) is 4.72. The van der Waals surface area contributed by atoms with Crippen molar-refractivity contribution in [2.45, 2.75) is 6.42 Å². The van der Waals surface area contributed by atoms with Gasteiger partial charge in [-0.1, -0.05) is 18.2 Å². The van der Waals surface area contributed by atoms with Crippen LogP contribution in [0.1, 0.15) is 6.42 Å². The number of aromatic nitrogens is 2. The van der Waals surface area contributed by atoms with E-state index in [1.165, 1.54) is 23.7 Å². The Kier molecular flexibility index (Phi) is 6.52. The number of nitrogens with zero attached hydrogens (tertiary/aromatic N) is 2. The fourth-order valence-electron chi connectivity index (χ4n) is 3.09. The molecule has 4 rings (SSSR count). The number of halogens is 1. The third-order valence-corrected chi connectivity index (χ3v) is 5.95. The van der Waals surface area contributed by atoms with Crippen LogP contribution in [0.4, 0.5) is 10.1 Å². The highest BCUT2D eigenvalue weighted by atomic mass is 32.2. The van der Waals surface area contributed by atoms with Gasteiger partial charge in [0.1, 0.15) is 22.7 Å². The Morgan fingerprint density at radius 2 is 1.75 bits per heavy atom. The number of nitrogens with one attached hydrogen (secondary N) is 1. The highest BCUT2D eigenvalue weighted by molar-refractivity contribution is 7.92. The molecule has 10 heteroatoms. The van der Waals surface area contributed by atoms with Gasteiger partial charge in [-0.2, -0.15) is 0 Å². The Morgan fingerprint density at radius 1 is 1.00 bits per heavy atom. The summed E-state index contributed by atoms with van der Waals surface area (Å²) in [5.41, 5.74) is 1.66. The van der Waals surface area contributed by atoms with Crippen LogP contribution in [0.25, 0.3) is 21.3 Å². The molecule has 0 amide bonds. The van der Waals surface area contributed by atoms with E-state index in [1.54, 1.807) is 42.5 Å². The fraction of sp³-hybridized carbons (Fsp3) is 0.182. The first kappa shape index (κ1) is 22.0. The third-order valence-electron chi connectivity index (χ3n) is 4.45. The number of fused-ring (bicyclic) bond motifs is 1. The molecule has 0 aliphatic carbocycles. The minimum Gasteiger partial charge on any atom is -0.493 e. The van der Waals surface area contributed by atoms with Crippen molar-refractivity contribution in [3.8, 4) is 22.8 Å². The van der Waals surface area contributed by atoms with Gasteiger partial charge in [0.15, 0.2) is 0 Å². The van der Waals surface area contributed by atoms with E-state index in [-0.39, 0.29) is 5.82 Å². The zero-order valence-electron chi connectivity index (χ0n) is 17.1. The van der Waals surface area contributed by atoms with Crippen molar-refractivity contribution in [3.05, 3.63) is 66.1 Å². The lowest BCUT2D eigenvalue weighted by molar-refractivity contribution is 0.244. The molecule has 0 saturated carbocycles. The molecule has 0 bridgehead atoms. The van der Waals surface area contributed by atoms with Gasteiger partial charge in [-0.25, -0.2) is 22.8 Å². The minimum atomic E-state index is -3.31. The topological polar surface area (TPSA) is 90.4 Å². The normalized spacial score (nSPS) is 11.4. The zero-order valence-corrected chi connectivity index (χ0v) is 18.7. The summed E-state index contributed by atoms with van der Waals surface area (Å²) in [6.07, 6.45) is 3.12. The molecule has 0 spiro atoms. The van der Waals surface area contributed by atoms with Crippen LogP contribution in [0.2, 0.25) is 0 Å². The lowest BCUT2D eigenvalue weighted by Crippen LogP contribution is -2.09. The molecule has 2 aromatic heterocycles. The maximum atomic E-state index is 14.3. The Morgan fingerprint density at radius 3 is 2.50 bits per heavy atom. The van der Waals surface area contributed by atoms with Crippen LogP contribution in [0, 0.1) is 5.82 Å². The number of thiophene rings is 1. The smallest absolute Gasteiger partial charge is 0.229 e. The first-order chi connectivity index (χ1) is 15.4. The van der Waals surface area contributed by atoms with Crippen molar-refractivity contribution in [2.24, 2.45) is 0 Å². The van der Waals surface area contributed by atoms with Gasteiger partial charge in [0.05, 0.1) is 24.9 Å². The Bertz CT molecular complexity index is 1320. The van der Waals surface area contributed by atoms with E-state index < -0.39 is 10.0 Å². The largest absolute Gasteiger partial charge is 0.493 e. The average Bonchev–Trinajstić information content (AvgIpc) is 3.19. The molecule has 0 atom stereocenters. The van der Waals surface area contributed by atoms with Crippen LogP contribution in [0.3, 0.4) is 0 Å². The molecule has 32 heavy (non-hydrogen) atoms. The zero-order chi connectivity index (χ0) is 22.6. The van der Waals surface area contributed by atoms with Crippen LogP contribution in [-0.4, -0.2) is 37.9 Å². The number of hydrogen-bond acceptors (Lipinski definition) is 7. The van der Waals surface area contributed by atoms with Crippen LogP contribution < -0.4 is 14.2 Å². The summed E-state index contributed by atoms with van der Waals surface area (Å²) >= 11 is 1.41. The molecule has 4 aromatic rings. The molecule has 0 unspecified atom stereocenters. The molecular formula is C22H20FN3O4S2. The molecule has 0 aliphatic rings. The second-order valence-corrected chi connectivity index (χ2v) is 9.54. The number of hydrogen-bond donors (Lipinski definition) is 1. The van der Waals surface area contributed by atoms with Gasteiger partial charge >= 0.3 is 0 Å². The lowest BCUT2D eigenvalue weighted by Gasteiger charge is -2.10. The highest BCUT2D eigenvalue weighted by Gasteiger charge is 2.16. The van der Waals surface area contributed by atoms with Gasteiger partial charge in [0, 0.05) is 28.6 Å². The number of ether oxygens (including phenoxy) is 2. The third kappa shape index (κ3) is 5.32. The maximum absolute atomic E-state index is 14.3. The molecule has 0 saturated heterocycles. The molecule has 0 aliphatic heterocycles. The Hall–Kier alpha value is -3.24. The molecule has 0 radical (unpaired) electrons. The van der Waals surface area contributed by atoms with Crippen molar-refractivity contribution in [3.63, 3.8) is 0 Å². The maximum Gasteiger partial charge on any atom is 0.229 e. The first-order valence-corrected chi connectivity index (χ1v) is 12.5. The second-order valence-electron chi connectivity index (χ2n) is 6.94. The minimum absolute atomic E-state index is 0.312. The van der Waals surface area contributed by atoms with Crippen molar-refractivity contribution >= 4 is 37.3 Å². The molecule has 0 fully saturated rings. The van der Waals surface area contributed by atoms with Gasteiger partial charge in [-0.3, -0.25) is 4.72 Å². The Balaban J connectivity index is 1.36. The van der Waals surface area contributed by atoms with E-state index in [4.69, 9.17) is 9.47 Å². The van der Waals surface area contributed by atoms with Gasteiger partial charge in [-0.15, -0.1) is 11.3 Å². The van der Waals surface area contributed by atoms with Crippen LogP contribution in [0.15, 0.2) is 60.2 Å². The summed E-state index contributed by atoms with van der Waals surface area (Å²) < 4.78 is 50.7. The fourth-order valence-corrected chi connectivity index (χ4v) is 4.55. The van der Waals surface area contributed by atoms with E-state index >= 15 is 0 Å². The first-order valence-electron chi connectivity index (χ1n) is 9.71. The molecule has 166 valence electrons. The summed E-state index contributed by atoms with van der Waals surface area (Å²) in [6.45, 7) is 0.753. The van der Waals surface area contributed by atoms with E-state index in [2.05, 4.69) is 14.7 Å². The monoisotopic (exact) mass is 473 g/mol. The van der Waals surface area contributed by atoms with Crippen molar-refractivity contribution in [1.29, 1.82) is 0 Å². The standard InChI is InChI=1S/C22H20FN3O4S2/c1-32(27,28)26-15-7-9-16(10-8-15)29-11-4-12-30-21-20-18(13-31-22(20)25-14-24-21)17-5-2-3-6-19(17)23/h2-3,5-10,13-14,26H,4,11-12H2,1H3.